The lowest BCUT2D eigenvalue weighted by Gasteiger charge is -2.34. The van der Waals surface area contributed by atoms with Crippen molar-refractivity contribution < 1.29 is 28.0 Å². The number of ether oxygens (including phenoxy) is 1. The van der Waals surface area contributed by atoms with Gasteiger partial charge in [-0.25, -0.2) is 8.42 Å². The van der Waals surface area contributed by atoms with Crippen molar-refractivity contribution in [2.45, 2.75) is 31.5 Å². The van der Waals surface area contributed by atoms with E-state index in [1.165, 1.54) is 22.5 Å². The van der Waals surface area contributed by atoms with Crippen molar-refractivity contribution in [2.75, 3.05) is 45.8 Å². The highest BCUT2D eigenvalue weighted by atomic mass is 79.9. The number of nitro groups is 1. The van der Waals surface area contributed by atoms with E-state index in [9.17, 15) is 28.4 Å². The molecule has 1 saturated heterocycles. The molecule has 0 aliphatic carbocycles. The molecule has 1 aliphatic heterocycles. The zero-order valence-electron chi connectivity index (χ0n) is 24.1. The number of hydrogen-bond acceptors (Lipinski definition) is 8. The fourth-order valence-electron chi connectivity index (χ4n) is 4.86. The van der Waals surface area contributed by atoms with E-state index in [0.717, 1.165) is 29.2 Å². The molecule has 0 bridgehead atoms. The van der Waals surface area contributed by atoms with Crippen LogP contribution in [0.5, 0.6) is 5.75 Å². The molecule has 1 amide bonds. The average molecular weight is 676 g/mol. The van der Waals surface area contributed by atoms with Gasteiger partial charge in [0.1, 0.15) is 12.4 Å². The lowest BCUT2D eigenvalue weighted by molar-refractivity contribution is -0.385. The highest BCUT2D eigenvalue weighted by molar-refractivity contribution is 9.10. The van der Waals surface area contributed by atoms with Gasteiger partial charge in [-0.05, 0) is 55.1 Å². The smallest absolute Gasteiger partial charge is 0.270 e. The van der Waals surface area contributed by atoms with Crippen LogP contribution in [0.15, 0.2) is 76.1 Å². The van der Waals surface area contributed by atoms with Crippen LogP contribution >= 0.6 is 15.9 Å². The van der Waals surface area contributed by atoms with Gasteiger partial charge in [-0.1, -0.05) is 48.0 Å². The van der Waals surface area contributed by atoms with E-state index in [1.54, 1.807) is 29.2 Å². The van der Waals surface area contributed by atoms with E-state index in [4.69, 9.17) is 4.74 Å². The van der Waals surface area contributed by atoms with Crippen molar-refractivity contribution in [1.29, 1.82) is 0 Å². The average Bonchev–Trinajstić information content (AvgIpc) is 3.02. The lowest BCUT2D eigenvalue weighted by Crippen LogP contribution is -2.50. The summed E-state index contributed by atoms with van der Waals surface area (Å²) in [5, 5.41) is 21.9. The van der Waals surface area contributed by atoms with Crippen LogP contribution in [0.4, 0.5) is 5.69 Å². The number of sulfonamides is 1. The number of hydrogen-bond donors (Lipinski definition) is 1. The molecule has 0 aromatic heterocycles. The molecule has 0 radical (unpaired) electrons. The van der Waals surface area contributed by atoms with Crippen LogP contribution in [0.2, 0.25) is 0 Å². The summed E-state index contributed by atoms with van der Waals surface area (Å²) in [7, 11) is -3.93. The first-order chi connectivity index (χ1) is 20.5. The van der Waals surface area contributed by atoms with Crippen LogP contribution in [0.1, 0.15) is 41.4 Å². The first-order valence-electron chi connectivity index (χ1n) is 14.0. The minimum atomic E-state index is -3.93. The second-order valence-electron chi connectivity index (χ2n) is 10.1. The Labute approximate surface area is 260 Å². The number of carbonyl (C=O) groups excluding carboxylic acids is 1. The fraction of sp³-hybridized carbons (Fsp3) is 0.367. The minimum Gasteiger partial charge on any atom is -0.489 e. The van der Waals surface area contributed by atoms with E-state index in [0.29, 0.717) is 23.4 Å². The summed E-state index contributed by atoms with van der Waals surface area (Å²) in [6.45, 7) is 7.06. The van der Waals surface area contributed by atoms with E-state index in [1.807, 2.05) is 18.2 Å². The van der Waals surface area contributed by atoms with Gasteiger partial charge in [-0.2, -0.15) is 4.31 Å². The predicted octanol–water partition coefficient (Wildman–Crippen LogP) is 4.46. The molecule has 1 aliphatic rings. The molecule has 0 saturated carbocycles. The SMILES string of the molecule is CCN(CC)CC(O)c1cc(Br)ccc1OCc1ccc(C(=O)N2CCN(S(=O)(=O)c3cccc([N+](=O)[O-])c3)CC2)cc1. The van der Waals surface area contributed by atoms with Gasteiger partial charge in [-0.15, -0.1) is 0 Å². The Morgan fingerprint density at radius 3 is 2.35 bits per heavy atom. The molecule has 13 heteroatoms. The monoisotopic (exact) mass is 674 g/mol. The Balaban J connectivity index is 1.35. The maximum atomic E-state index is 13.1. The fourth-order valence-corrected chi connectivity index (χ4v) is 6.70. The zero-order valence-corrected chi connectivity index (χ0v) is 26.5. The Bertz CT molecular complexity index is 1540. The van der Waals surface area contributed by atoms with Gasteiger partial charge in [0.2, 0.25) is 10.0 Å². The van der Waals surface area contributed by atoms with E-state index in [-0.39, 0.29) is 49.3 Å². The van der Waals surface area contributed by atoms with Crippen molar-refractivity contribution in [2.24, 2.45) is 0 Å². The van der Waals surface area contributed by atoms with Crippen LogP contribution in [-0.2, 0) is 16.6 Å². The topological polar surface area (TPSA) is 134 Å². The summed E-state index contributed by atoms with van der Waals surface area (Å²) < 4.78 is 34.2. The molecular weight excluding hydrogens is 640 g/mol. The Morgan fingerprint density at radius 1 is 1.05 bits per heavy atom. The summed E-state index contributed by atoms with van der Waals surface area (Å²) in [4.78, 5) is 27.2. The third kappa shape index (κ3) is 7.98. The number of rotatable bonds is 12. The normalized spacial score (nSPS) is 15.0. The number of nitro benzene ring substituents is 1. The number of halogens is 1. The maximum absolute atomic E-state index is 13.1. The molecule has 3 aromatic rings. The van der Waals surface area contributed by atoms with E-state index in [2.05, 4.69) is 34.7 Å². The molecule has 11 nitrogen and oxygen atoms in total. The number of piperazine rings is 1. The van der Waals surface area contributed by atoms with Crippen LogP contribution in [-0.4, -0.2) is 84.3 Å². The summed E-state index contributed by atoms with van der Waals surface area (Å²) in [5.41, 5.74) is 1.71. The molecule has 1 heterocycles. The Morgan fingerprint density at radius 2 is 1.72 bits per heavy atom. The second kappa shape index (κ2) is 14.4. The number of nitrogens with zero attached hydrogens (tertiary/aromatic N) is 4. The number of amides is 1. The summed E-state index contributed by atoms with van der Waals surface area (Å²) in [5.74, 6) is 0.371. The van der Waals surface area contributed by atoms with E-state index < -0.39 is 21.1 Å². The van der Waals surface area contributed by atoms with Crippen LogP contribution in [0.3, 0.4) is 0 Å². The Kier molecular flexibility index (Phi) is 10.9. The molecule has 4 rings (SSSR count). The number of aliphatic hydroxyl groups is 1. The molecule has 230 valence electrons. The third-order valence-electron chi connectivity index (χ3n) is 7.44. The zero-order chi connectivity index (χ0) is 31.1. The van der Waals surface area contributed by atoms with Crippen LogP contribution in [0.25, 0.3) is 0 Å². The minimum absolute atomic E-state index is 0.0817. The molecular formula is C30H35BrN4O7S. The second-order valence-corrected chi connectivity index (χ2v) is 13.0. The third-order valence-corrected chi connectivity index (χ3v) is 9.83. The molecule has 3 aromatic carbocycles. The van der Waals surface area contributed by atoms with Gasteiger partial charge >= 0.3 is 0 Å². The standard InChI is InChI=1S/C30H35BrN4O7S/c1-3-32(4-2)20-28(36)27-18-24(31)12-13-29(27)42-21-22-8-10-23(11-9-22)30(37)33-14-16-34(17-15-33)43(40,41)26-7-5-6-25(19-26)35(38)39/h5-13,18-19,28,36H,3-4,14-17,20-21H2,1-2H3. The highest BCUT2D eigenvalue weighted by Gasteiger charge is 2.31. The highest BCUT2D eigenvalue weighted by Crippen LogP contribution is 2.30. The molecule has 1 N–H and O–H groups in total. The first-order valence-corrected chi connectivity index (χ1v) is 16.2. The first kappa shape index (κ1) is 32.6. The van der Waals surface area contributed by atoms with Crippen molar-refractivity contribution in [3.05, 3.63) is 98.0 Å². The van der Waals surface area contributed by atoms with Gasteiger partial charge in [0.05, 0.1) is 15.9 Å². The van der Waals surface area contributed by atoms with Crippen molar-refractivity contribution in [3.63, 3.8) is 0 Å². The largest absolute Gasteiger partial charge is 0.489 e. The van der Waals surface area contributed by atoms with Gasteiger partial charge in [0.25, 0.3) is 11.6 Å². The maximum Gasteiger partial charge on any atom is 0.270 e. The Hall–Kier alpha value is -3.36. The van der Waals surface area contributed by atoms with Gasteiger partial charge in [0.15, 0.2) is 0 Å². The van der Waals surface area contributed by atoms with Crippen LogP contribution < -0.4 is 4.74 Å². The van der Waals surface area contributed by atoms with Gasteiger partial charge in [0, 0.05) is 60.5 Å². The quantitative estimate of drug-likeness (QED) is 0.220. The number of aliphatic hydroxyl groups excluding tert-OH is 1. The number of non-ortho nitro benzene ring substituents is 1. The van der Waals surface area contributed by atoms with Gasteiger partial charge < -0.3 is 19.6 Å². The van der Waals surface area contributed by atoms with Crippen molar-refractivity contribution >= 4 is 37.5 Å². The summed E-state index contributed by atoms with van der Waals surface area (Å²) in [6, 6.07) is 17.5. The number of benzene rings is 3. The lowest BCUT2D eigenvalue weighted by atomic mass is 10.1. The molecule has 43 heavy (non-hydrogen) atoms. The number of carbonyl (C=O) groups is 1. The van der Waals surface area contributed by atoms with Crippen molar-refractivity contribution in [1.82, 2.24) is 14.1 Å². The summed E-state index contributed by atoms with van der Waals surface area (Å²) >= 11 is 3.48. The predicted molar refractivity (Wildman–Crippen MR) is 165 cm³/mol. The number of likely N-dealkylation sites (N-methyl/N-ethyl adjacent to an activating group) is 1. The van der Waals surface area contributed by atoms with Gasteiger partial charge in [-0.3, -0.25) is 14.9 Å². The summed E-state index contributed by atoms with van der Waals surface area (Å²) in [6.07, 6.45) is -0.714. The molecule has 1 atom stereocenters. The molecule has 0 spiro atoms. The van der Waals surface area contributed by atoms with E-state index >= 15 is 0 Å². The molecule has 1 fully saturated rings. The van der Waals surface area contributed by atoms with Crippen molar-refractivity contribution in [3.8, 4) is 5.75 Å². The van der Waals surface area contributed by atoms with Crippen LogP contribution in [0, 0.1) is 10.1 Å². The molecule has 1 unspecified atom stereocenters.